The topological polar surface area (TPSA) is 97.7 Å². The van der Waals surface area contributed by atoms with Crippen LogP contribution in [-0.2, 0) is 25.7 Å². The number of hydrogen-bond donors (Lipinski definition) is 1. The second-order valence-corrected chi connectivity index (χ2v) is 8.12. The first-order chi connectivity index (χ1) is 15.9. The molecular formula is C23H18FN3O5S. The number of para-hydroxylation sites is 1. The van der Waals surface area contributed by atoms with Crippen molar-refractivity contribution < 1.29 is 28.3 Å². The van der Waals surface area contributed by atoms with Gasteiger partial charge in [0.25, 0.3) is 11.1 Å². The monoisotopic (exact) mass is 467 g/mol. The maximum Gasteiger partial charge on any atom is 0.325 e. The first-order valence-corrected chi connectivity index (χ1v) is 10.6. The number of rotatable bonds is 6. The van der Waals surface area contributed by atoms with Gasteiger partial charge in [-0.3, -0.25) is 24.1 Å². The lowest BCUT2D eigenvalue weighted by atomic mass is 10.1. The van der Waals surface area contributed by atoms with Crippen molar-refractivity contribution in [3.8, 4) is 0 Å². The molecule has 2 heterocycles. The van der Waals surface area contributed by atoms with Crippen LogP contribution in [0, 0.1) is 5.82 Å². The minimum absolute atomic E-state index is 0.00408. The molecular weight excluding hydrogens is 449 g/mol. The third-order valence-corrected chi connectivity index (χ3v) is 5.84. The molecule has 4 rings (SSSR count). The zero-order chi connectivity index (χ0) is 23.5. The molecule has 1 N–H and O–H groups in total. The summed E-state index contributed by atoms with van der Waals surface area (Å²) in [6.45, 7) is -0.473. The summed E-state index contributed by atoms with van der Waals surface area (Å²) in [5.41, 5.74) is 1.77. The first-order valence-electron chi connectivity index (χ1n) is 9.81. The highest BCUT2D eigenvalue weighted by atomic mass is 32.2. The average Bonchev–Trinajstić information content (AvgIpc) is 3.27. The van der Waals surface area contributed by atoms with Crippen LogP contribution in [0.15, 0.2) is 59.6 Å². The van der Waals surface area contributed by atoms with Crippen LogP contribution in [0.1, 0.15) is 5.56 Å². The molecule has 2 aromatic carbocycles. The number of thioether (sulfide) groups is 1. The van der Waals surface area contributed by atoms with E-state index in [9.17, 15) is 23.6 Å². The Bertz CT molecular complexity index is 1300. The zero-order valence-corrected chi connectivity index (χ0v) is 18.2. The van der Waals surface area contributed by atoms with E-state index in [1.165, 1.54) is 31.4 Å². The third kappa shape index (κ3) is 4.80. The molecule has 10 heteroatoms. The summed E-state index contributed by atoms with van der Waals surface area (Å²) in [7, 11) is 1.30. The molecule has 0 aliphatic carbocycles. The molecule has 1 fully saturated rings. The number of esters is 1. The van der Waals surface area contributed by atoms with E-state index >= 15 is 0 Å². The van der Waals surface area contributed by atoms with Crippen molar-refractivity contribution in [2.24, 2.45) is 0 Å². The number of hydrogen-bond acceptors (Lipinski definition) is 6. The van der Waals surface area contributed by atoms with Crippen molar-refractivity contribution in [3.63, 3.8) is 0 Å². The largest absolute Gasteiger partial charge is 0.468 e. The zero-order valence-electron chi connectivity index (χ0n) is 17.4. The van der Waals surface area contributed by atoms with E-state index in [1.807, 2.05) is 24.3 Å². The Morgan fingerprint density at radius 2 is 1.82 bits per heavy atom. The van der Waals surface area contributed by atoms with Gasteiger partial charge in [-0.05, 0) is 48.2 Å². The van der Waals surface area contributed by atoms with E-state index in [1.54, 1.807) is 16.8 Å². The molecule has 3 aromatic rings. The minimum atomic E-state index is -0.593. The highest BCUT2D eigenvalue weighted by molar-refractivity contribution is 8.18. The predicted octanol–water partition coefficient (Wildman–Crippen LogP) is 3.63. The van der Waals surface area contributed by atoms with Gasteiger partial charge in [0.2, 0.25) is 5.91 Å². The maximum atomic E-state index is 13.0. The molecule has 1 aromatic heterocycles. The van der Waals surface area contributed by atoms with E-state index in [2.05, 4.69) is 5.32 Å². The Kier molecular flexibility index (Phi) is 6.27. The number of aromatic nitrogens is 1. The number of methoxy groups -OCH3 is 1. The SMILES string of the molecule is COC(=O)Cn1cc(/C=C2\SC(=O)N(CC(=O)Nc3ccc(F)cc3)C2=O)c2ccccc21. The van der Waals surface area contributed by atoms with E-state index in [0.29, 0.717) is 11.3 Å². The van der Waals surface area contributed by atoms with Gasteiger partial charge in [-0.25, -0.2) is 4.39 Å². The van der Waals surface area contributed by atoms with Gasteiger partial charge in [0.05, 0.1) is 12.0 Å². The van der Waals surface area contributed by atoms with E-state index < -0.39 is 35.4 Å². The summed E-state index contributed by atoms with van der Waals surface area (Å²) in [6, 6.07) is 12.5. The van der Waals surface area contributed by atoms with Crippen molar-refractivity contribution in [1.29, 1.82) is 0 Å². The number of nitrogens with one attached hydrogen (secondary N) is 1. The van der Waals surface area contributed by atoms with Gasteiger partial charge in [0, 0.05) is 28.4 Å². The summed E-state index contributed by atoms with van der Waals surface area (Å²) in [5.74, 6) is -2.05. The first kappa shape index (κ1) is 22.3. The van der Waals surface area contributed by atoms with Crippen molar-refractivity contribution in [1.82, 2.24) is 9.47 Å². The van der Waals surface area contributed by atoms with Crippen LogP contribution in [0.25, 0.3) is 17.0 Å². The van der Waals surface area contributed by atoms with Gasteiger partial charge in [-0.2, -0.15) is 0 Å². The van der Waals surface area contributed by atoms with Crippen molar-refractivity contribution in [3.05, 3.63) is 71.0 Å². The summed E-state index contributed by atoms with van der Waals surface area (Å²) in [4.78, 5) is 50.3. The van der Waals surface area contributed by atoms with Crippen molar-refractivity contribution in [2.45, 2.75) is 6.54 Å². The lowest BCUT2D eigenvalue weighted by Gasteiger charge is -2.12. The number of carbonyl (C=O) groups is 4. The Morgan fingerprint density at radius 3 is 2.55 bits per heavy atom. The quantitative estimate of drug-likeness (QED) is 0.439. The van der Waals surface area contributed by atoms with Gasteiger partial charge >= 0.3 is 5.97 Å². The molecule has 0 atom stereocenters. The van der Waals surface area contributed by atoms with Gasteiger partial charge in [0.15, 0.2) is 0 Å². The Morgan fingerprint density at radius 1 is 1.09 bits per heavy atom. The van der Waals surface area contributed by atoms with Crippen LogP contribution >= 0.6 is 11.8 Å². The molecule has 33 heavy (non-hydrogen) atoms. The van der Waals surface area contributed by atoms with Gasteiger partial charge < -0.3 is 14.6 Å². The van der Waals surface area contributed by atoms with Gasteiger partial charge in [-0.1, -0.05) is 18.2 Å². The Hall–Kier alpha value is -3.92. The Labute approximate surface area is 192 Å². The summed E-state index contributed by atoms with van der Waals surface area (Å²) < 4.78 is 19.4. The lowest BCUT2D eigenvalue weighted by molar-refractivity contribution is -0.141. The fraction of sp³-hybridized carbons (Fsp3) is 0.130. The normalized spacial score (nSPS) is 14.8. The lowest BCUT2D eigenvalue weighted by Crippen LogP contribution is -2.36. The molecule has 1 saturated heterocycles. The highest BCUT2D eigenvalue weighted by Crippen LogP contribution is 2.34. The molecule has 0 spiro atoms. The van der Waals surface area contributed by atoms with E-state index in [4.69, 9.17) is 4.74 Å². The number of benzene rings is 2. The molecule has 1 aliphatic rings. The highest BCUT2D eigenvalue weighted by Gasteiger charge is 2.36. The smallest absolute Gasteiger partial charge is 0.325 e. The molecule has 0 radical (unpaired) electrons. The van der Waals surface area contributed by atoms with Crippen molar-refractivity contribution in [2.75, 3.05) is 19.0 Å². The van der Waals surface area contributed by atoms with Crippen molar-refractivity contribution >= 4 is 57.5 Å². The second kappa shape index (κ2) is 9.29. The molecule has 1 aliphatic heterocycles. The van der Waals surface area contributed by atoms with Crippen LogP contribution in [0.4, 0.5) is 14.9 Å². The number of ether oxygens (including phenoxy) is 1. The number of carbonyl (C=O) groups excluding carboxylic acids is 4. The number of fused-ring (bicyclic) bond motifs is 1. The average molecular weight is 467 g/mol. The Balaban J connectivity index is 1.54. The summed E-state index contributed by atoms with van der Waals surface area (Å²) >= 11 is 0.731. The van der Waals surface area contributed by atoms with Gasteiger partial charge in [0.1, 0.15) is 18.9 Å². The number of nitrogens with zero attached hydrogens (tertiary/aromatic N) is 2. The molecule has 0 unspecified atom stereocenters. The molecule has 3 amide bonds. The standard InChI is InChI=1S/C23H18FN3O5S/c1-32-21(29)13-26-11-14(17-4-2-3-5-18(17)26)10-19-22(30)27(23(31)33-19)12-20(28)25-16-8-6-15(24)7-9-16/h2-11H,12-13H2,1H3,(H,25,28)/b19-10-. The van der Waals surface area contributed by atoms with Crippen LogP contribution in [0.3, 0.4) is 0 Å². The molecule has 0 bridgehead atoms. The summed E-state index contributed by atoms with van der Waals surface area (Å²) in [5, 5.41) is 2.75. The number of imide groups is 1. The molecule has 0 saturated carbocycles. The number of amides is 3. The van der Waals surface area contributed by atoms with E-state index in [-0.39, 0.29) is 11.4 Å². The minimum Gasteiger partial charge on any atom is -0.468 e. The van der Waals surface area contributed by atoms with Crippen LogP contribution < -0.4 is 5.32 Å². The molecule has 8 nitrogen and oxygen atoms in total. The van der Waals surface area contributed by atoms with Gasteiger partial charge in [-0.15, -0.1) is 0 Å². The maximum absolute atomic E-state index is 13.0. The third-order valence-electron chi connectivity index (χ3n) is 4.94. The molecule has 168 valence electrons. The van der Waals surface area contributed by atoms with Crippen LogP contribution in [0.5, 0.6) is 0 Å². The van der Waals surface area contributed by atoms with Crippen LogP contribution in [-0.4, -0.2) is 46.1 Å². The number of halogens is 1. The summed E-state index contributed by atoms with van der Waals surface area (Å²) in [6.07, 6.45) is 3.27. The second-order valence-electron chi connectivity index (χ2n) is 7.13. The predicted molar refractivity (Wildman–Crippen MR) is 122 cm³/mol. The fourth-order valence-electron chi connectivity index (χ4n) is 3.38. The van der Waals surface area contributed by atoms with E-state index in [0.717, 1.165) is 27.6 Å². The fourth-order valence-corrected chi connectivity index (χ4v) is 4.21. The van der Waals surface area contributed by atoms with Crippen LogP contribution in [0.2, 0.25) is 0 Å². The number of anilines is 1.